The molecule has 102 valence electrons. The molecule has 0 saturated heterocycles. The maximum Gasteiger partial charge on any atom is 0.573 e. The fourth-order valence-electron chi connectivity index (χ4n) is 1.93. The van der Waals surface area contributed by atoms with Crippen LogP contribution in [0, 0.1) is 5.82 Å². The molecule has 0 bridgehead atoms. The maximum absolute atomic E-state index is 13.5. The average molecular weight is 264 g/mol. The number of alkyl halides is 3. The van der Waals surface area contributed by atoms with Crippen LogP contribution in [-0.2, 0) is 0 Å². The lowest BCUT2D eigenvalue weighted by Gasteiger charge is -2.16. The highest BCUT2D eigenvalue weighted by Crippen LogP contribution is 2.30. The molecule has 0 aromatic heterocycles. The fraction of sp³-hybridized carbons (Fsp3) is 0.538. The molecule has 0 aliphatic heterocycles. The summed E-state index contributed by atoms with van der Waals surface area (Å²) in [7, 11) is 0. The number of halogens is 4. The molecule has 0 heterocycles. The van der Waals surface area contributed by atoms with E-state index in [0.29, 0.717) is 5.56 Å². The van der Waals surface area contributed by atoms with Crippen LogP contribution < -0.4 is 4.74 Å². The van der Waals surface area contributed by atoms with Crippen LogP contribution in [0.3, 0.4) is 0 Å². The van der Waals surface area contributed by atoms with Gasteiger partial charge in [-0.05, 0) is 36.5 Å². The van der Waals surface area contributed by atoms with E-state index in [1.165, 1.54) is 6.07 Å². The summed E-state index contributed by atoms with van der Waals surface area (Å²) in [5.74, 6) is -1.58. The molecular formula is C13H16F4O. The second kappa shape index (κ2) is 6.07. The van der Waals surface area contributed by atoms with Gasteiger partial charge in [0.15, 0.2) is 11.6 Å². The van der Waals surface area contributed by atoms with Crippen LogP contribution in [0.25, 0.3) is 0 Å². The topological polar surface area (TPSA) is 9.23 Å². The lowest BCUT2D eigenvalue weighted by atomic mass is 9.92. The van der Waals surface area contributed by atoms with Crippen molar-refractivity contribution >= 4 is 0 Å². The third kappa shape index (κ3) is 4.20. The van der Waals surface area contributed by atoms with Gasteiger partial charge >= 0.3 is 6.36 Å². The number of rotatable bonds is 5. The lowest BCUT2D eigenvalue weighted by Crippen LogP contribution is -2.18. The van der Waals surface area contributed by atoms with Crippen molar-refractivity contribution in [1.29, 1.82) is 0 Å². The molecule has 0 fully saturated rings. The Labute approximate surface area is 104 Å². The highest BCUT2D eigenvalue weighted by Gasteiger charge is 2.32. The van der Waals surface area contributed by atoms with Crippen LogP contribution in [0.5, 0.6) is 5.75 Å². The van der Waals surface area contributed by atoms with Crippen molar-refractivity contribution < 1.29 is 22.3 Å². The Morgan fingerprint density at radius 2 is 1.89 bits per heavy atom. The van der Waals surface area contributed by atoms with Gasteiger partial charge in [-0.15, -0.1) is 13.2 Å². The van der Waals surface area contributed by atoms with Crippen LogP contribution >= 0.6 is 0 Å². The lowest BCUT2D eigenvalue weighted by molar-refractivity contribution is -0.275. The van der Waals surface area contributed by atoms with Gasteiger partial charge in [-0.25, -0.2) is 4.39 Å². The van der Waals surface area contributed by atoms with Crippen LogP contribution in [-0.4, -0.2) is 6.36 Å². The van der Waals surface area contributed by atoms with E-state index in [9.17, 15) is 17.6 Å². The molecule has 0 amide bonds. The van der Waals surface area contributed by atoms with Crippen LogP contribution in [0.4, 0.5) is 17.6 Å². The Bertz CT molecular complexity index is 387. The van der Waals surface area contributed by atoms with Gasteiger partial charge in [0.05, 0.1) is 0 Å². The Balaban J connectivity index is 2.91. The predicted molar refractivity (Wildman–Crippen MR) is 61.0 cm³/mol. The summed E-state index contributed by atoms with van der Waals surface area (Å²) in [6, 6.07) is 3.66. The summed E-state index contributed by atoms with van der Waals surface area (Å²) in [6.07, 6.45) is -2.21. The monoisotopic (exact) mass is 264 g/mol. The first kappa shape index (κ1) is 14.8. The summed E-state index contributed by atoms with van der Waals surface area (Å²) in [5.41, 5.74) is 0.714. The third-order valence-electron chi connectivity index (χ3n) is 2.78. The summed E-state index contributed by atoms with van der Waals surface area (Å²) in [5, 5.41) is 0. The van der Waals surface area contributed by atoms with Crippen LogP contribution in [0.2, 0.25) is 0 Å². The highest BCUT2D eigenvalue weighted by atomic mass is 19.4. The zero-order valence-electron chi connectivity index (χ0n) is 10.4. The SMILES string of the molecule is CCCC(CC)c1ccc(OC(F)(F)F)c(F)c1. The molecule has 0 aliphatic carbocycles. The first-order chi connectivity index (χ1) is 8.37. The molecule has 1 atom stereocenters. The third-order valence-corrected chi connectivity index (χ3v) is 2.78. The van der Waals surface area contributed by atoms with Gasteiger partial charge in [0.2, 0.25) is 0 Å². The van der Waals surface area contributed by atoms with Gasteiger partial charge in [0.1, 0.15) is 0 Å². The van der Waals surface area contributed by atoms with Gasteiger partial charge in [-0.2, -0.15) is 0 Å². The van der Waals surface area contributed by atoms with Crippen molar-refractivity contribution in [2.75, 3.05) is 0 Å². The summed E-state index contributed by atoms with van der Waals surface area (Å²) < 4.78 is 53.0. The largest absolute Gasteiger partial charge is 0.573 e. The first-order valence-corrected chi connectivity index (χ1v) is 5.92. The van der Waals surface area contributed by atoms with E-state index >= 15 is 0 Å². The minimum Gasteiger partial charge on any atom is -0.403 e. The van der Waals surface area contributed by atoms with Crippen molar-refractivity contribution in [3.05, 3.63) is 29.6 Å². The minimum atomic E-state index is -4.87. The van der Waals surface area contributed by atoms with Crippen molar-refractivity contribution in [2.45, 2.75) is 45.4 Å². The highest BCUT2D eigenvalue weighted by molar-refractivity contribution is 5.31. The Kier molecular flexibility index (Phi) is 4.99. The Morgan fingerprint density at radius 3 is 2.33 bits per heavy atom. The molecular weight excluding hydrogens is 248 g/mol. The molecule has 1 aromatic carbocycles. The number of hydrogen-bond acceptors (Lipinski definition) is 1. The van der Waals surface area contributed by atoms with Gasteiger partial charge < -0.3 is 4.74 Å². The van der Waals surface area contributed by atoms with Crippen molar-refractivity contribution in [2.24, 2.45) is 0 Å². The second-order valence-corrected chi connectivity index (χ2v) is 4.13. The molecule has 0 spiro atoms. The molecule has 18 heavy (non-hydrogen) atoms. The van der Waals surface area contributed by atoms with Crippen molar-refractivity contribution in [1.82, 2.24) is 0 Å². The van der Waals surface area contributed by atoms with E-state index in [1.54, 1.807) is 0 Å². The van der Waals surface area contributed by atoms with Gasteiger partial charge in [0, 0.05) is 0 Å². The Hall–Kier alpha value is -1.26. The normalized spacial score (nSPS) is 13.4. The number of hydrogen-bond donors (Lipinski definition) is 0. The van der Waals surface area contributed by atoms with E-state index in [0.717, 1.165) is 31.4 Å². The Morgan fingerprint density at radius 1 is 1.22 bits per heavy atom. The van der Waals surface area contributed by atoms with E-state index < -0.39 is 17.9 Å². The zero-order valence-corrected chi connectivity index (χ0v) is 10.4. The molecule has 0 radical (unpaired) electrons. The van der Waals surface area contributed by atoms with Gasteiger partial charge in [-0.1, -0.05) is 26.3 Å². The fourth-order valence-corrected chi connectivity index (χ4v) is 1.93. The van der Waals surface area contributed by atoms with Gasteiger partial charge in [-0.3, -0.25) is 0 Å². The zero-order chi connectivity index (χ0) is 13.8. The van der Waals surface area contributed by atoms with Crippen LogP contribution in [0.15, 0.2) is 18.2 Å². The molecule has 1 nitrogen and oxygen atoms in total. The van der Waals surface area contributed by atoms with Gasteiger partial charge in [0.25, 0.3) is 0 Å². The summed E-state index contributed by atoms with van der Waals surface area (Å²) in [6.45, 7) is 3.98. The summed E-state index contributed by atoms with van der Waals surface area (Å²) in [4.78, 5) is 0. The smallest absolute Gasteiger partial charge is 0.403 e. The maximum atomic E-state index is 13.5. The molecule has 0 aliphatic rings. The number of benzene rings is 1. The van der Waals surface area contributed by atoms with E-state index in [4.69, 9.17) is 0 Å². The summed E-state index contributed by atoms with van der Waals surface area (Å²) >= 11 is 0. The molecule has 1 rings (SSSR count). The standard InChI is InChI=1S/C13H16F4O/c1-3-5-9(4-2)10-6-7-12(11(14)8-10)18-13(15,16)17/h6-9H,3-5H2,1-2H3. The van der Waals surface area contributed by atoms with Crippen molar-refractivity contribution in [3.63, 3.8) is 0 Å². The molecule has 0 N–H and O–H groups in total. The average Bonchev–Trinajstić information content (AvgIpc) is 2.27. The molecule has 5 heteroatoms. The van der Waals surface area contributed by atoms with E-state index in [2.05, 4.69) is 4.74 Å². The molecule has 1 aromatic rings. The first-order valence-electron chi connectivity index (χ1n) is 5.92. The van der Waals surface area contributed by atoms with Crippen molar-refractivity contribution in [3.8, 4) is 5.75 Å². The second-order valence-electron chi connectivity index (χ2n) is 4.13. The quantitative estimate of drug-likeness (QED) is 0.678. The molecule has 1 unspecified atom stereocenters. The predicted octanol–water partition coefficient (Wildman–Crippen LogP) is 5.02. The molecule has 0 saturated carbocycles. The number of ether oxygens (including phenoxy) is 1. The minimum absolute atomic E-state index is 0.171. The van der Waals surface area contributed by atoms with E-state index in [-0.39, 0.29) is 5.92 Å². The van der Waals surface area contributed by atoms with Crippen LogP contribution in [0.1, 0.15) is 44.6 Å². The van der Waals surface area contributed by atoms with E-state index in [1.807, 2.05) is 13.8 Å².